The summed E-state index contributed by atoms with van der Waals surface area (Å²) in [6.45, 7) is 0.641. The van der Waals surface area contributed by atoms with Crippen LogP contribution in [0, 0.1) is 0 Å². The van der Waals surface area contributed by atoms with Crippen molar-refractivity contribution in [3.8, 4) is 5.88 Å². The van der Waals surface area contributed by atoms with Crippen LogP contribution < -0.4 is 10.1 Å². The molecule has 1 rings (SSSR count). The molecule has 1 heterocycles. The van der Waals surface area contributed by atoms with Crippen molar-refractivity contribution in [2.45, 2.75) is 6.42 Å². The molecule has 0 bridgehead atoms. The molecule has 0 saturated heterocycles. The third kappa shape index (κ3) is 3.51. The van der Waals surface area contributed by atoms with Gasteiger partial charge < -0.3 is 10.1 Å². The molecule has 1 amide bonds. The highest BCUT2D eigenvalue weighted by Crippen LogP contribution is 2.12. The van der Waals surface area contributed by atoms with Crippen LogP contribution in [-0.4, -0.2) is 29.9 Å². The van der Waals surface area contributed by atoms with Gasteiger partial charge in [-0.15, -0.1) is 0 Å². The second-order valence-corrected chi connectivity index (χ2v) is 3.65. The lowest BCUT2D eigenvalue weighted by molar-refractivity contribution is 0.0950. The first-order valence-corrected chi connectivity index (χ1v) is 5.75. The largest absolute Gasteiger partial charge is 0.480 e. The van der Waals surface area contributed by atoms with Gasteiger partial charge in [0.1, 0.15) is 5.56 Å². The molecule has 1 N–H and O–H groups in total. The van der Waals surface area contributed by atoms with E-state index in [4.69, 9.17) is 4.74 Å². The summed E-state index contributed by atoms with van der Waals surface area (Å²) in [5, 5.41) is 3.66. The minimum Gasteiger partial charge on any atom is -0.480 e. The number of aromatic nitrogens is 1. The number of ether oxygens (including phenoxy) is 1. The number of nitrogens with one attached hydrogen (secondary N) is 1. The molecule has 0 fully saturated rings. The number of halogens is 1. The highest BCUT2D eigenvalue weighted by molar-refractivity contribution is 9.09. The number of rotatable bonds is 5. The summed E-state index contributed by atoms with van der Waals surface area (Å²) in [5.41, 5.74) is 0.467. The standard InChI is InChI=1S/C10H13BrN2O2/c1-15-10-8(4-2-6-13-10)9(14)12-7-3-5-11/h2,4,6H,3,5,7H2,1H3,(H,12,14). The van der Waals surface area contributed by atoms with E-state index in [0.717, 1.165) is 11.8 Å². The highest BCUT2D eigenvalue weighted by Gasteiger charge is 2.11. The van der Waals surface area contributed by atoms with Gasteiger partial charge in [-0.25, -0.2) is 4.98 Å². The van der Waals surface area contributed by atoms with Gasteiger partial charge >= 0.3 is 0 Å². The quantitative estimate of drug-likeness (QED) is 0.655. The number of alkyl halides is 1. The second-order valence-electron chi connectivity index (χ2n) is 2.86. The van der Waals surface area contributed by atoms with E-state index in [-0.39, 0.29) is 5.91 Å². The van der Waals surface area contributed by atoms with Crippen LogP contribution in [-0.2, 0) is 0 Å². The molecule has 0 aromatic carbocycles. The van der Waals surface area contributed by atoms with Gasteiger partial charge in [0, 0.05) is 18.1 Å². The van der Waals surface area contributed by atoms with Crippen LogP contribution in [0.1, 0.15) is 16.8 Å². The molecule has 5 heteroatoms. The summed E-state index contributed by atoms with van der Waals surface area (Å²) in [5.74, 6) is 0.203. The van der Waals surface area contributed by atoms with Crippen molar-refractivity contribution in [2.24, 2.45) is 0 Å². The van der Waals surface area contributed by atoms with Gasteiger partial charge in [-0.3, -0.25) is 4.79 Å². The fourth-order valence-corrected chi connectivity index (χ4v) is 1.37. The minimum absolute atomic E-state index is 0.152. The molecule has 0 aliphatic carbocycles. The Morgan fingerprint density at radius 1 is 1.67 bits per heavy atom. The Morgan fingerprint density at radius 2 is 2.47 bits per heavy atom. The molecule has 0 aliphatic heterocycles. The number of carbonyl (C=O) groups is 1. The molecule has 0 aliphatic rings. The van der Waals surface area contributed by atoms with E-state index in [9.17, 15) is 4.79 Å². The van der Waals surface area contributed by atoms with Crippen LogP contribution in [0.3, 0.4) is 0 Å². The summed E-state index contributed by atoms with van der Waals surface area (Å²) >= 11 is 3.30. The number of hydrogen-bond acceptors (Lipinski definition) is 3. The number of nitrogens with zero attached hydrogens (tertiary/aromatic N) is 1. The summed E-state index contributed by atoms with van der Waals surface area (Å²) < 4.78 is 4.99. The fraction of sp³-hybridized carbons (Fsp3) is 0.400. The Bertz CT molecular complexity index is 331. The lowest BCUT2D eigenvalue weighted by Crippen LogP contribution is -2.25. The Morgan fingerprint density at radius 3 is 3.13 bits per heavy atom. The van der Waals surface area contributed by atoms with Gasteiger partial charge in [-0.05, 0) is 18.6 Å². The van der Waals surface area contributed by atoms with Crippen molar-refractivity contribution >= 4 is 21.8 Å². The third-order valence-corrected chi connectivity index (χ3v) is 2.37. The van der Waals surface area contributed by atoms with E-state index in [0.29, 0.717) is 18.0 Å². The molecule has 0 saturated carbocycles. The molecule has 0 spiro atoms. The molecular weight excluding hydrogens is 260 g/mol. The molecule has 0 atom stereocenters. The molecular formula is C10H13BrN2O2. The monoisotopic (exact) mass is 272 g/mol. The molecule has 82 valence electrons. The number of amides is 1. The third-order valence-electron chi connectivity index (χ3n) is 1.81. The topological polar surface area (TPSA) is 51.2 Å². The predicted molar refractivity (Wildman–Crippen MR) is 61.5 cm³/mol. The Labute approximate surface area is 97.2 Å². The van der Waals surface area contributed by atoms with Gasteiger partial charge in [0.15, 0.2) is 0 Å². The van der Waals surface area contributed by atoms with E-state index in [2.05, 4.69) is 26.2 Å². The van der Waals surface area contributed by atoms with Gasteiger partial charge in [0.25, 0.3) is 5.91 Å². The zero-order valence-corrected chi connectivity index (χ0v) is 10.1. The summed E-state index contributed by atoms with van der Waals surface area (Å²) in [6.07, 6.45) is 2.49. The Hall–Kier alpha value is -1.10. The van der Waals surface area contributed by atoms with Gasteiger partial charge in [0.2, 0.25) is 5.88 Å². The maximum Gasteiger partial charge on any atom is 0.256 e. The predicted octanol–water partition coefficient (Wildman–Crippen LogP) is 1.60. The Balaban J connectivity index is 2.64. The summed E-state index contributed by atoms with van der Waals surface area (Å²) in [6, 6.07) is 3.40. The molecule has 0 radical (unpaired) electrons. The van der Waals surface area contributed by atoms with E-state index in [1.807, 2.05) is 0 Å². The second kappa shape index (κ2) is 6.40. The average molecular weight is 273 g/mol. The first-order chi connectivity index (χ1) is 7.29. The molecule has 1 aromatic heterocycles. The Kier molecular flexibility index (Phi) is 5.10. The van der Waals surface area contributed by atoms with E-state index < -0.39 is 0 Å². The van der Waals surface area contributed by atoms with Gasteiger partial charge in [0.05, 0.1) is 7.11 Å². The maximum absolute atomic E-state index is 11.7. The zero-order valence-electron chi connectivity index (χ0n) is 8.50. The number of hydrogen-bond donors (Lipinski definition) is 1. The van der Waals surface area contributed by atoms with Crippen molar-refractivity contribution in [2.75, 3.05) is 19.0 Å². The van der Waals surface area contributed by atoms with Crippen molar-refractivity contribution in [3.63, 3.8) is 0 Å². The average Bonchev–Trinajstić information content (AvgIpc) is 2.29. The van der Waals surface area contributed by atoms with E-state index >= 15 is 0 Å². The molecule has 15 heavy (non-hydrogen) atoms. The van der Waals surface area contributed by atoms with Crippen molar-refractivity contribution in [3.05, 3.63) is 23.9 Å². The fourth-order valence-electron chi connectivity index (χ4n) is 1.09. The zero-order chi connectivity index (χ0) is 11.1. The summed E-state index contributed by atoms with van der Waals surface area (Å²) in [7, 11) is 1.50. The van der Waals surface area contributed by atoms with Crippen LogP contribution in [0.15, 0.2) is 18.3 Å². The maximum atomic E-state index is 11.7. The van der Waals surface area contributed by atoms with Crippen LogP contribution in [0.2, 0.25) is 0 Å². The number of methoxy groups -OCH3 is 1. The van der Waals surface area contributed by atoms with Crippen molar-refractivity contribution < 1.29 is 9.53 Å². The lowest BCUT2D eigenvalue weighted by Gasteiger charge is -2.07. The SMILES string of the molecule is COc1ncccc1C(=O)NCCCBr. The first kappa shape index (κ1) is 12.0. The van der Waals surface area contributed by atoms with Crippen LogP contribution in [0.5, 0.6) is 5.88 Å². The molecule has 4 nitrogen and oxygen atoms in total. The number of carbonyl (C=O) groups excluding carboxylic acids is 1. The lowest BCUT2D eigenvalue weighted by atomic mass is 10.2. The van der Waals surface area contributed by atoms with E-state index in [1.165, 1.54) is 7.11 Å². The highest BCUT2D eigenvalue weighted by atomic mass is 79.9. The van der Waals surface area contributed by atoms with Crippen molar-refractivity contribution in [1.82, 2.24) is 10.3 Å². The molecule has 0 unspecified atom stereocenters. The van der Waals surface area contributed by atoms with Crippen LogP contribution >= 0.6 is 15.9 Å². The molecule has 1 aromatic rings. The normalized spacial score (nSPS) is 9.73. The van der Waals surface area contributed by atoms with Crippen LogP contribution in [0.25, 0.3) is 0 Å². The van der Waals surface area contributed by atoms with E-state index in [1.54, 1.807) is 18.3 Å². The van der Waals surface area contributed by atoms with Gasteiger partial charge in [-0.1, -0.05) is 15.9 Å². The van der Waals surface area contributed by atoms with Crippen LogP contribution in [0.4, 0.5) is 0 Å². The summed E-state index contributed by atoms with van der Waals surface area (Å²) in [4.78, 5) is 15.6. The smallest absolute Gasteiger partial charge is 0.256 e. The van der Waals surface area contributed by atoms with Gasteiger partial charge in [-0.2, -0.15) is 0 Å². The van der Waals surface area contributed by atoms with Crippen molar-refractivity contribution in [1.29, 1.82) is 0 Å². The first-order valence-electron chi connectivity index (χ1n) is 4.62. The minimum atomic E-state index is -0.152. The number of pyridine rings is 1.